The molecule has 2 heterocycles. The van der Waals surface area contributed by atoms with Gasteiger partial charge in [-0.2, -0.15) is 0 Å². The van der Waals surface area contributed by atoms with E-state index in [1.807, 2.05) is 0 Å². The molecule has 8 heteroatoms. The van der Waals surface area contributed by atoms with Gasteiger partial charge in [0.1, 0.15) is 0 Å². The Morgan fingerprint density at radius 3 is 2.82 bits per heavy atom. The number of H-pyrrole nitrogens is 1. The number of nitrogens with zero attached hydrogens (tertiary/aromatic N) is 1. The van der Waals surface area contributed by atoms with Crippen molar-refractivity contribution in [2.24, 2.45) is 0 Å². The van der Waals surface area contributed by atoms with Gasteiger partial charge in [0, 0.05) is 29.5 Å². The summed E-state index contributed by atoms with van der Waals surface area (Å²) in [4.78, 5) is 28.0. The van der Waals surface area contributed by atoms with E-state index in [9.17, 15) is 9.59 Å². The smallest absolute Gasteiger partial charge is 0.365 e. The van der Waals surface area contributed by atoms with Crippen molar-refractivity contribution in [2.45, 2.75) is 13.1 Å². The van der Waals surface area contributed by atoms with E-state index in [0.29, 0.717) is 18.8 Å². The minimum Gasteiger partial charge on any atom is -0.476 e. The van der Waals surface area contributed by atoms with Crippen LogP contribution < -0.4 is 10.2 Å². The number of thiazole rings is 2. The molecular weight excluding hydrogens is 262 g/mol. The van der Waals surface area contributed by atoms with Gasteiger partial charge in [-0.3, -0.25) is 4.79 Å². The molecule has 0 radical (unpaired) electrons. The summed E-state index contributed by atoms with van der Waals surface area (Å²) < 4.78 is 0. The number of hydrogen-bond acceptors (Lipinski definition) is 6. The minimum atomic E-state index is -1.01. The number of carboxylic acids is 1. The third-order valence-electron chi connectivity index (χ3n) is 1.93. The number of aromatic amines is 1. The number of aromatic carboxylic acids is 1. The molecule has 2 rings (SSSR count). The molecule has 0 aliphatic carbocycles. The Labute approximate surface area is 104 Å². The molecule has 3 N–H and O–H groups in total. The predicted octanol–water partition coefficient (Wildman–Crippen LogP) is 0.881. The van der Waals surface area contributed by atoms with Crippen LogP contribution in [-0.2, 0) is 13.1 Å². The lowest BCUT2D eigenvalue weighted by Crippen LogP contribution is -2.14. The van der Waals surface area contributed by atoms with Crippen LogP contribution in [0.3, 0.4) is 0 Å². The molecule has 6 nitrogen and oxygen atoms in total. The molecule has 0 aliphatic heterocycles. The third-order valence-corrected chi connectivity index (χ3v) is 3.52. The van der Waals surface area contributed by atoms with E-state index in [0.717, 1.165) is 28.4 Å². The van der Waals surface area contributed by atoms with E-state index >= 15 is 0 Å². The molecule has 0 atom stereocenters. The molecule has 0 unspecified atom stereocenters. The van der Waals surface area contributed by atoms with Crippen molar-refractivity contribution in [3.05, 3.63) is 36.8 Å². The van der Waals surface area contributed by atoms with Crippen molar-refractivity contribution < 1.29 is 9.90 Å². The van der Waals surface area contributed by atoms with Crippen LogP contribution in [0.2, 0.25) is 0 Å². The monoisotopic (exact) mass is 271 g/mol. The normalized spacial score (nSPS) is 10.6. The molecule has 0 saturated heterocycles. The van der Waals surface area contributed by atoms with Crippen molar-refractivity contribution in [3.8, 4) is 0 Å². The number of nitrogens with one attached hydrogen (secondary N) is 2. The van der Waals surface area contributed by atoms with Gasteiger partial charge in [0.25, 0.3) is 0 Å². The summed E-state index contributed by atoms with van der Waals surface area (Å²) in [6.07, 6.45) is 0. The third kappa shape index (κ3) is 3.22. The summed E-state index contributed by atoms with van der Waals surface area (Å²) in [5, 5.41) is 15.3. The topological polar surface area (TPSA) is 95.1 Å². The Bertz CT molecular complexity index is 572. The standard InChI is InChI=1S/C9H9N3O3S2/c13-8(14)7-11-5(3-16-7)1-10-2-6-4-17-9(15)12-6/h3-4,10H,1-2H2,(H,12,15)(H,13,14). The first-order valence-corrected chi connectivity index (χ1v) is 6.46. The first-order valence-electron chi connectivity index (χ1n) is 4.70. The summed E-state index contributed by atoms with van der Waals surface area (Å²) in [6, 6.07) is 0. The number of carbonyl (C=O) groups is 1. The molecule has 0 aliphatic rings. The van der Waals surface area contributed by atoms with Gasteiger partial charge in [-0.25, -0.2) is 9.78 Å². The van der Waals surface area contributed by atoms with Gasteiger partial charge in [-0.1, -0.05) is 11.3 Å². The van der Waals surface area contributed by atoms with Crippen molar-refractivity contribution in [3.63, 3.8) is 0 Å². The molecule has 90 valence electrons. The minimum absolute atomic E-state index is 0.0800. The lowest BCUT2D eigenvalue weighted by atomic mass is 10.4. The van der Waals surface area contributed by atoms with E-state index in [2.05, 4.69) is 15.3 Å². The Hall–Kier alpha value is -1.51. The fraction of sp³-hybridized carbons (Fsp3) is 0.222. The quantitative estimate of drug-likeness (QED) is 0.750. The van der Waals surface area contributed by atoms with Crippen LogP contribution in [0.4, 0.5) is 0 Å². The van der Waals surface area contributed by atoms with Gasteiger partial charge in [0.15, 0.2) is 0 Å². The number of hydrogen-bond donors (Lipinski definition) is 3. The van der Waals surface area contributed by atoms with E-state index in [4.69, 9.17) is 5.11 Å². The van der Waals surface area contributed by atoms with Gasteiger partial charge in [0.05, 0.1) is 5.69 Å². The zero-order valence-corrected chi connectivity index (χ0v) is 10.2. The summed E-state index contributed by atoms with van der Waals surface area (Å²) in [5.41, 5.74) is 1.50. The van der Waals surface area contributed by atoms with Crippen LogP contribution in [0.15, 0.2) is 15.6 Å². The van der Waals surface area contributed by atoms with E-state index in [1.165, 1.54) is 0 Å². The molecule has 0 fully saturated rings. The largest absolute Gasteiger partial charge is 0.476 e. The van der Waals surface area contributed by atoms with Crippen LogP contribution in [0.5, 0.6) is 0 Å². The maximum absolute atomic E-state index is 10.9. The predicted molar refractivity (Wildman–Crippen MR) is 64.6 cm³/mol. The Morgan fingerprint density at radius 1 is 1.41 bits per heavy atom. The molecule has 0 spiro atoms. The lowest BCUT2D eigenvalue weighted by molar-refractivity contribution is 0.0696. The van der Waals surface area contributed by atoms with Crippen LogP contribution in [-0.4, -0.2) is 21.0 Å². The number of rotatable bonds is 5. The van der Waals surface area contributed by atoms with Gasteiger partial charge in [0.2, 0.25) is 5.01 Å². The van der Waals surface area contributed by atoms with E-state index < -0.39 is 5.97 Å². The summed E-state index contributed by atoms with van der Waals surface area (Å²) in [7, 11) is 0. The van der Waals surface area contributed by atoms with Crippen molar-refractivity contribution >= 4 is 28.6 Å². The second-order valence-electron chi connectivity index (χ2n) is 3.23. The highest BCUT2D eigenvalue weighted by molar-refractivity contribution is 7.11. The van der Waals surface area contributed by atoms with Crippen molar-refractivity contribution in [1.29, 1.82) is 0 Å². The zero-order chi connectivity index (χ0) is 12.3. The molecule has 2 aromatic rings. The molecular formula is C9H9N3O3S2. The van der Waals surface area contributed by atoms with Crippen molar-refractivity contribution in [2.75, 3.05) is 0 Å². The zero-order valence-electron chi connectivity index (χ0n) is 8.60. The maximum Gasteiger partial charge on any atom is 0.365 e. The summed E-state index contributed by atoms with van der Waals surface area (Å²) >= 11 is 2.22. The molecule has 0 saturated carbocycles. The number of carboxylic acid groups (broad SMARTS) is 1. The number of aromatic nitrogens is 2. The first kappa shape index (κ1) is 12.0. The fourth-order valence-electron chi connectivity index (χ4n) is 1.21. The van der Waals surface area contributed by atoms with Gasteiger partial charge in [-0.05, 0) is 0 Å². The van der Waals surface area contributed by atoms with Crippen LogP contribution in [0, 0.1) is 0 Å². The molecule has 0 aromatic carbocycles. The van der Waals surface area contributed by atoms with E-state index in [1.54, 1.807) is 10.8 Å². The summed E-state index contributed by atoms with van der Waals surface area (Å²) in [6.45, 7) is 1.00. The van der Waals surface area contributed by atoms with Gasteiger partial charge in [-0.15, -0.1) is 11.3 Å². The van der Waals surface area contributed by atoms with Gasteiger partial charge < -0.3 is 15.4 Å². The average molecular weight is 271 g/mol. The summed E-state index contributed by atoms with van der Waals surface area (Å²) in [5.74, 6) is -1.01. The average Bonchev–Trinajstić information content (AvgIpc) is 2.88. The van der Waals surface area contributed by atoms with Crippen LogP contribution in [0.25, 0.3) is 0 Å². The molecule has 17 heavy (non-hydrogen) atoms. The molecule has 0 bridgehead atoms. The highest BCUT2D eigenvalue weighted by Gasteiger charge is 2.08. The Morgan fingerprint density at radius 2 is 2.24 bits per heavy atom. The molecule has 0 amide bonds. The van der Waals surface area contributed by atoms with Crippen LogP contribution >= 0.6 is 22.7 Å². The first-order chi connectivity index (χ1) is 8.15. The Balaban J connectivity index is 1.85. The Kier molecular flexibility index (Phi) is 3.67. The highest BCUT2D eigenvalue weighted by Crippen LogP contribution is 2.09. The SMILES string of the molecule is O=C(O)c1nc(CNCc2csc(=O)[nH]2)cs1. The highest BCUT2D eigenvalue weighted by atomic mass is 32.1. The lowest BCUT2D eigenvalue weighted by Gasteiger charge is -1.99. The second-order valence-corrected chi connectivity index (χ2v) is 4.93. The maximum atomic E-state index is 10.9. The second kappa shape index (κ2) is 5.21. The van der Waals surface area contributed by atoms with Crippen LogP contribution in [0.1, 0.15) is 21.2 Å². The fourth-order valence-corrected chi connectivity index (χ4v) is 2.45. The van der Waals surface area contributed by atoms with Crippen molar-refractivity contribution in [1.82, 2.24) is 15.3 Å². The van der Waals surface area contributed by atoms with E-state index in [-0.39, 0.29) is 9.88 Å². The van der Waals surface area contributed by atoms with Gasteiger partial charge >= 0.3 is 10.8 Å². The molecule has 2 aromatic heterocycles.